The van der Waals surface area contributed by atoms with Crippen LogP contribution in [0, 0.1) is 0 Å². The van der Waals surface area contributed by atoms with Gasteiger partial charge in [0, 0.05) is 11.6 Å². The zero-order chi connectivity index (χ0) is 11.6. The van der Waals surface area contributed by atoms with Gasteiger partial charge < -0.3 is 5.11 Å². The van der Waals surface area contributed by atoms with Gasteiger partial charge in [-0.1, -0.05) is 55.5 Å². The third-order valence-corrected chi connectivity index (χ3v) is 3.18. The monoisotopic (exact) mass is 240 g/mol. The van der Waals surface area contributed by atoms with E-state index in [0.717, 1.165) is 24.3 Å². The highest BCUT2D eigenvalue weighted by atomic mass is 35.5. The third kappa shape index (κ3) is 5.53. The Morgan fingerprint density at radius 2 is 1.50 bits per heavy atom. The van der Waals surface area contributed by atoms with Crippen molar-refractivity contribution in [2.75, 3.05) is 6.61 Å². The number of unbranched alkanes of at least 4 members (excludes halogenated alkanes) is 5. The molecule has 1 rings (SSSR count). The molecule has 1 N–H and O–H groups in total. The first-order valence-corrected chi connectivity index (χ1v) is 6.56. The van der Waals surface area contributed by atoms with E-state index in [9.17, 15) is 0 Å². The summed E-state index contributed by atoms with van der Waals surface area (Å²) in [6.07, 6.45) is 8.17. The second kappa shape index (κ2) is 8.60. The summed E-state index contributed by atoms with van der Waals surface area (Å²) >= 11 is 6.08. The zero-order valence-corrected chi connectivity index (χ0v) is 10.5. The summed E-state index contributed by atoms with van der Waals surface area (Å²) in [6, 6.07) is 8.08. The lowest BCUT2D eigenvalue weighted by atomic mass is 10.0. The van der Waals surface area contributed by atoms with Gasteiger partial charge in [0.15, 0.2) is 0 Å². The fourth-order valence-corrected chi connectivity index (χ4v) is 2.07. The lowest BCUT2D eigenvalue weighted by Crippen LogP contribution is -1.88. The van der Waals surface area contributed by atoms with Crippen LogP contribution in [0.4, 0.5) is 0 Å². The molecule has 0 spiro atoms. The molecule has 0 unspecified atom stereocenters. The predicted molar refractivity (Wildman–Crippen MR) is 69.9 cm³/mol. The Kier molecular flexibility index (Phi) is 7.28. The minimum atomic E-state index is 0.333. The molecule has 0 amide bonds. The van der Waals surface area contributed by atoms with Crippen molar-refractivity contribution in [3.8, 4) is 0 Å². The van der Waals surface area contributed by atoms with Crippen LogP contribution in [0.25, 0.3) is 0 Å². The highest BCUT2D eigenvalue weighted by molar-refractivity contribution is 6.31. The minimum Gasteiger partial charge on any atom is -0.396 e. The summed E-state index contributed by atoms with van der Waals surface area (Å²) in [5.41, 5.74) is 1.26. The number of rotatable bonds is 8. The summed E-state index contributed by atoms with van der Waals surface area (Å²) in [7, 11) is 0. The largest absolute Gasteiger partial charge is 0.396 e. The van der Waals surface area contributed by atoms with Crippen molar-refractivity contribution in [3.05, 3.63) is 34.9 Å². The molecule has 1 nitrogen and oxygen atoms in total. The molecule has 0 saturated carbocycles. The number of hydrogen-bond donors (Lipinski definition) is 1. The quantitative estimate of drug-likeness (QED) is 0.675. The standard InChI is InChI=1S/C14H21ClO/c15-14-11-7-6-10-13(14)9-5-3-1-2-4-8-12-16/h6-7,10-11,16H,1-5,8-9,12H2. The lowest BCUT2D eigenvalue weighted by Gasteiger charge is -2.03. The van der Waals surface area contributed by atoms with Gasteiger partial charge in [-0.2, -0.15) is 0 Å². The topological polar surface area (TPSA) is 20.2 Å². The maximum absolute atomic E-state index is 8.63. The number of benzene rings is 1. The molecule has 0 fully saturated rings. The Labute approximate surface area is 103 Å². The Balaban J connectivity index is 2.05. The lowest BCUT2D eigenvalue weighted by molar-refractivity contribution is 0.282. The smallest absolute Gasteiger partial charge is 0.0437 e. The Morgan fingerprint density at radius 1 is 0.875 bits per heavy atom. The molecule has 0 aliphatic carbocycles. The van der Waals surface area contributed by atoms with Crippen LogP contribution >= 0.6 is 11.6 Å². The van der Waals surface area contributed by atoms with Crippen LogP contribution in [0.2, 0.25) is 5.02 Å². The molecule has 0 atom stereocenters. The van der Waals surface area contributed by atoms with Crippen LogP contribution in [0.3, 0.4) is 0 Å². The van der Waals surface area contributed by atoms with E-state index in [4.69, 9.17) is 16.7 Å². The number of aliphatic hydroxyl groups excluding tert-OH is 1. The first kappa shape index (κ1) is 13.5. The predicted octanol–water partition coefficient (Wildman–Crippen LogP) is 4.22. The van der Waals surface area contributed by atoms with Crippen molar-refractivity contribution in [1.82, 2.24) is 0 Å². The molecule has 0 aliphatic rings. The molecule has 1 aromatic carbocycles. The van der Waals surface area contributed by atoms with E-state index in [0.29, 0.717) is 6.61 Å². The van der Waals surface area contributed by atoms with Crippen molar-refractivity contribution in [1.29, 1.82) is 0 Å². The van der Waals surface area contributed by atoms with Gasteiger partial charge in [-0.15, -0.1) is 0 Å². The molecule has 0 aromatic heterocycles. The molecule has 0 saturated heterocycles. The molecule has 0 heterocycles. The molecule has 16 heavy (non-hydrogen) atoms. The van der Waals surface area contributed by atoms with Crippen LogP contribution in [-0.4, -0.2) is 11.7 Å². The third-order valence-electron chi connectivity index (χ3n) is 2.81. The number of hydrogen-bond acceptors (Lipinski definition) is 1. The Bertz CT molecular complexity index is 286. The van der Waals surface area contributed by atoms with Crippen LogP contribution in [0.5, 0.6) is 0 Å². The average molecular weight is 241 g/mol. The van der Waals surface area contributed by atoms with Crippen molar-refractivity contribution in [3.63, 3.8) is 0 Å². The van der Waals surface area contributed by atoms with Gasteiger partial charge in [0.2, 0.25) is 0 Å². The van der Waals surface area contributed by atoms with Crippen LogP contribution in [0.1, 0.15) is 44.1 Å². The van der Waals surface area contributed by atoms with Gasteiger partial charge in [-0.3, -0.25) is 0 Å². The van der Waals surface area contributed by atoms with E-state index >= 15 is 0 Å². The molecular formula is C14H21ClO. The minimum absolute atomic E-state index is 0.333. The van der Waals surface area contributed by atoms with Crippen molar-refractivity contribution < 1.29 is 5.11 Å². The SMILES string of the molecule is OCCCCCCCCc1ccccc1Cl. The summed E-state index contributed by atoms with van der Waals surface area (Å²) in [6.45, 7) is 0.333. The normalized spacial score (nSPS) is 10.6. The molecule has 90 valence electrons. The van der Waals surface area contributed by atoms with Crippen molar-refractivity contribution in [2.24, 2.45) is 0 Å². The maximum atomic E-state index is 8.63. The van der Waals surface area contributed by atoms with E-state index in [1.54, 1.807) is 0 Å². The van der Waals surface area contributed by atoms with Gasteiger partial charge in [-0.05, 0) is 30.9 Å². The van der Waals surface area contributed by atoms with Crippen molar-refractivity contribution >= 4 is 11.6 Å². The first-order chi connectivity index (χ1) is 7.84. The summed E-state index contributed by atoms with van der Waals surface area (Å²) in [4.78, 5) is 0. The van der Waals surface area contributed by atoms with E-state index in [-0.39, 0.29) is 0 Å². The second-order valence-corrected chi connectivity index (χ2v) is 4.59. The number of halogens is 1. The number of aryl methyl sites for hydroxylation is 1. The molecular weight excluding hydrogens is 220 g/mol. The van der Waals surface area contributed by atoms with Gasteiger partial charge in [0.25, 0.3) is 0 Å². The van der Waals surface area contributed by atoms with Crippen LogP contribution < -0.4 is 0 Å². The van der Waals surface area contributed by atoms with E-state index in [1.807, 2.05) is 18.2 Å². The second-order valence-electron chi connectivity index (χ2n) is 4.19. The molecule has 0 bridgehead atoms. The van der Waals surface area contributed by atoms with Gasteiger partial charge in [0.05, 0.1) is 0 Å². The first-order valence-electron chi connectivity index (χ1n) is 6.19. The Hall–Kier alpha value is -0.530. The van der Waals surface area contributed by atoms with E-state index in [2.05, 4.69) is 6.07 Å². The molecule has 2 heteroatoms. The maximum Gasteiger partial charge on any atom is 0.0437 e. The highest BCUT2D eigenvalue weighted by Gasteiger charge is 1.98. The zero-order valence-electron chi connectivity index (χ0n) is 9.79. The van der Waals surface area contributed by atoms with E-state index in [1.165, 1.54) is 31.2 Å². The van der Waals surface area contributed by atoms with Crippen LogP contribution in [0.15, 0.2) is 24.3 Å². The highest BCUT2D eigenvalue weighted by Crippen LogP contribution is 2.18. The van der Waals surface area contributed by atoms with Crippen molar-refractivity contribution in [2.45, 2.75) is 44.9 Å². The fourth-order valence-electron chi connectivity index (χ4n) is 1.84. The fraction of sp³-hybridized carbons (Fsp3) is 0.571. The molecule has 1 aromatic rings. The molecule has 0 radical (unpaired) electrons. The van der Waals surface area contributed by atoms with E-state index < -0.39 is 0 Å². The Morgan fingerprint density at radius 3 is 2.19 bits per heavy atom. The van der Waals surface area contributed by atoms with Gasteiger partial charge in [0.1, 0.15) is 0 Å². The van der Waals surface area contributed by atoms with Gasteiger partial charge in [-0.25, -0.2) is 0 Å². The summed E-state index contributed by atoms with van der Waals surface area (Å²) in [5, 5.41) is 9.52. The molecule has 0 aliphatic heterocycles. The average Bonchev–Trinajstić information content (AvgIpc) is 2.30. The summed E-state index contributed by atoms with van der Waals surface area (Å²) < 4.78 is 0. The van der Waals surface area contributed by atoms with Gasteiger partial charge >= 0.3 is 0 Å². The number of aliphatic hydroxyl groups is 1. The summed E-state index contributed by atoms with van der Waals surface area (Å²) in [5.74, 6) is 0. The van der Waals surface area contributed by atoms with Crippen LogP contribution in [-0.2, 0) is 6.42 Å².